The second-order valence-corrected chi connectivity index (χ2v) is 14.0. The van der Waals surface area contributed by atoms with Crippen LogP contribution in [0.4, 0.5) is 0 Å². The van der Waals surface area contributed by atoms with Gasteiger partial charge in [-0.25, -0.2) is 0 Å². The fraction of sp³-hybridized carbons (Fsp3) is 0.897. The number of allylic oxidation sites excluding steroid dienone is 1. The van der Waals surface area contributed by atoms with Crippen molar-refractivity contribution in [2.45, 2.75) is 119 Å². The van der Waals surface area contributed by atoms with Crippen molar-refractivity contribution < 1.29 is 15.0 Å². The third-order valence-corrected chi connectivity index (χ3v) is 11.7. The number of aliphatic carboxylic acids is 1. The van der Waals surface area contributed by atoms with Crippen molar-refractivity contribution in [3.05, 3.63) is 12.2 Å². The van der Waals surface area contributed by atoms with Gasteiger partial charge in [0.05, 0.1) is 11.5 Å². The Morgan fingerprint density at radius 1 is 0.844 bits per heavy atom. The number of carboxylic acids is 1. The Kier molecular flexibility index (Phi) is 6.56. The lowest BCUT2D eigenvalue weighted by Gasteiger charge is -2.67. The summed E-state index contributed by atoms with van der Waals surface area (Å²) in [6.45, 7) is 22.9. The molecule has 3 fully saturated rings. The molecule has 3 rings (SSSR count). The standard InChI is InChI=1S/C29H50O3/c1-19(2)20-10-13-27(7,24(31)32)17-16-25(3,4)29(9)15-11-21-26(5,6)23(30)12-14-28(21,8)22(29)18-20/h20-23,30H,1,10-18H2,2-9H3,(H,31,32)/t20?,21?,22?,23-,27?,28-,29?/m0/s1. The fourth-order valence-electron chi connectivity index (χ4n) is 8.44. The molecule has 3 saturated carbocycles. The molecule has 7 atom stereocenters. The molecule has 0 aliphatic heterocycles. The fourth-order valence-corrected chi connectivity index (χ4v) is 8.44. The van der Waals surface area contributed by atoms with Crippen LogP contribution in [-0.4, -0.2) is 22.3 Å². The zero-order valence-electron chi connectivity index (χ0n) is 22.2. The number of hydrogen-bond donors (Lipinski definition) is 2. The summed E-state index contributed by atoms with van der Waals surface area (Å²) >= 11 is 0. The Balaban J connectivity index is 2.11. The zero-order chi connectivity index (χ0) is 24.3. The van der Waals surface area contributed by atoms with Crippen LogP contribution in [0.2, 0.25) is 0 Å². The molecule has 3 aliphatic carbocycles. The van der Waals surface area contributed by atoms with Gasteiger partial charge in [0.1, 0.15) is 0 Å². The highest BCUT2D eigenvalue weighted by Crippen LogP contribution is 2.70. The summed E-state index contributed by atoms with van der Waals surface area (Å²) in [6, 6.07) is 0. The molecule has 3 nitrogen and oxygen atoms in total. The van der Waals surface area contributed by atoms with E-state index >= 15 is 0 Å². The molecule has 3 aliphatic rings. The van der Waals surface area contributed by atoms with E-state index in [9.17, 15) is 15.0 Å². The van der Waals surface area contributed by atoms with Gasteiger partial charge in [-0.15, -0.1) is 0 Å². The second kappa shape index (κ2) is 8.14. The third kappa shape index (κ3) is 3.89. The highest BCUT2D eigenvalue weighted by molar-refractivity contribution is 5.74. The molecule has 5 unspecified atom stereocenters. The van der Waals surface area contributed by atoms with Crippen LogP contribution < -0.4 is 0 Å². The molecule has 0 radical (unpaired) electrons. The van der Waals surface area contributed by atoms with Gasteiger partial charge in [-0.1, -0.05) is 53.7 Å². The second-order valence-electron chi connectivity index (χ2n) is 14.0. The van der Waals surface area contributed by atoms with Gasteiger partial charge in [0.25, 0.3) is 0 Å². The Labute approximate surface area is 197 Å². The molecule has 0 amide bonds. The third-order valence-electron chi connectivity index (χ3n) is 11.7. The molecule has 0 heterocycles. The minimum Gasteiger partial charge on any atom is -0.481 e. The number of aliphatic hydroxyl groups is 1. The Bertz CT molecular complexity index is 752. The van der Waals surface area contributed by atoms with Gasteiger partial charge in [0, 0.05) is 0 Å². The van der Waals surface area contributed by atoms with Gasteiger partial charge in [-0.2, -0.15) is 0 Å². The van der Waals surface area contributed by atoms with Crippen molar-refractivity contribution >= 4 is 5.97 Å². The smallest absolute Gasteiger partial charge is 0.309 e. The van der Waals surface area contributed by atoms with Crippen molar-refractivity contribution in [1.29, 1.82) is 0 Å². The molecular weight excluding hydrogens is 396 g/mol. The predicted molar refractivity (Wildman–Crippen MR) is 132 cm³/mol. The van der Waals surface area contributed by atoms with E-state index in [2.05, 4.69) is 55.0 Å². The molecule has 2 N–H and O–H groups in total. The predicted octanol–water partition coefficient (Wildman–Crippen LogP) is 7.48. The minimum atomic E-state index is -0.661. The molecule has 3 heteroatoms. The average Bonchev–Trinajstić information content (AvgIpc) is 2.67. The maximum absolute atomic E-state index is 12.3. The normalized spacial score (nSPS) is 46.4. The molecule has 0 bridgehead atoms. The maximum atomic E-state index is 12.3. The van der Waals surface area contributed by atoms with E-state index in [0.29, 0.717) is 17.8 Å². The van der Waals surface area contributed by atoms with Crippen molar-refractivity contribution in [3.8, 4) is 0 Å². The first kappa shape index (κ1) is 25.8. The first-order valence-corrected chi connectivity index (χ1v) is 13.1. The van der Waals surface area contributed by atoms with E-state index in [-0.39, 0.29) is 27.8 Å². The van der Waals surface area contributed by atoms with E-state index < -0.39 is 11.4 Å². The first-order valence-electron chi connectivity index (χ1n) is 13.1. The summed E-state index contributed by atoms with van der Waals surface area (Å²) in [4.78, 5) is 12.3. The monoisotopic (exact) mass is 446 g/mol. The molecule has 0 aromatic carbocycles. The van der Waals surface area contributed by atoms with Crippen molar-refractivity contribution in [1.82, 2.24) is 0 Å². The van der Waals surface area contributed by atoms with E-state index in [1.165, 1.54) is 5.57 Å². The summed E-state index contributed by atoms with van der Waals surface area (Å²) in [6.07, 6.45) is 8.52. The van der Waals surface area contributed by atoms with Crippen LogP contribution in [0, 0.1) is 44.8 Å². The first-order chi connectivity index (χ1) is 14.5. The summed E-state index contributed by atoms with van der Waals surface area (Å²) in [5.41, 5.74) is 0.872. The van der Waals surface area contributed by atoms with Gasteiger partial charge >= 0.3 is 5.97 Å². The van der Waals surface area contributed by atoms with Gasteiger partial charge < -0.3 is 10.2 Å². The van der Waals surface area contributed by atoms with Crippen LogP contribution >= 0.6 is 0 Å². The van der Waals surface area contributed by atoms with Crippen molar-refractivity contribution in [3.63, 3.8) is 0 Å². The van der Waals surface area contributed by atoms with Crippen LogP contribution in [0.15, 0.2) is 12.2 Å². The Morgan fingerprint density at radius 2 is 1.47 bits per heavy atom. The number of aliphatic hydroxyl groups excluding tert-OH is 1. The number of hydrogen-bond acceptors (Lipinski definition) is 2. The largest absolute Gasteiger partial charge is 0.481 e. The quantitative estimate of drug-likeness (QED) is 0.432. The topological polar surface area (TPSA) is 57.5 Å². The van der Waals surface area contributed by atoms with Crippen LogP contribution in [-0.2, 0) is 4.79 Å². The van der Waals surface area contributed by atoms with E-state index in [1.54, 1.807) is 0 Å². The lowest BCUT2D eigenvalue weighted by atomic mass is 9.38. The number of carbonyl (C=O) groups is 1. The van der Waals surface area contributed by atoms with Crippen LogP contribution in [0.5, 0.6) is 0 Å². The molecule has 0 aromatic heterocycles. The van der Waals surface area contributed by atoms with Crippen LogP contribution in [0.3, 0.4) is 0 Å². The lowest BCUT2D eigenvalue weighted by Crippen LogP contribution is -2.61. The van der Waals surface area contributed by atoms with E-state index in [1.807, 2.05) is 6.92 Å². The maximum Gasteiger partial charge on any atom is 0.309 e. The van der Waals surface area contributed by atoms with Crippen LogP contribution in [0.25, 0.3) is 0 Å². The lowest BCUT2D eigenvalue weighted by molar-refractivity contribution is -0.201. The molecule has 0 aromatic rings. The highest BCUT2D eigenvalue weighted by Gasteiger charge is 2.63. The average molecular weight is 447 g/mol. The zero-order valence-corrected chi connectivity index (χ0v) is 22.2. The molecule has 32 heavy (non-hydrogen) atoms. The molecule has 0 spiro atoms. The van der Waals surface area contributed by atoms with E-state index in [4.69, 9.17) is 0 Å². The summed E-state index contributed by atoms with van der Waals surface area (Å²) in [5.74, 6) is 0.782. The van der Waals surface area contributed by atoms with Gasteiger partial charge in [-0.05, 0) is 111 Å². The minimum absolute atomic E-state index is 0.0551. The van der Waals surface area contributed by atoms with Gasteiger partial charge in [-0.3, -0.25) is 4.79 Å². The molecular formula is C29H50O3. The molecule has 0 saturated heterocycles. The Morgan fingerprint density at radius 3 is 2.03 bits per heavy atom. The van der Waals surface area contributed by atoms with Crippen LogP contribution in [0.1, 0.15) is 113 Å². The summed E-state index contributed by atoms with van der Waals surface area (Å²) < 4.78 is 0. The van der Waals surface area contributed by atoms with Gasteiger partial charge in [0.15, 0.2) is 0 Å². The van der Waals surface area contributed by atoms with Crippen molar-refractivity contribution in [2.75, 3.05) is 0 Å². The summed E-state index contributed by atoms with van der Waals surface area (Å²) in [7, 11) is 0. The number of fused-ring (bicyclic) bond motifs is 3. The summed E-state index contributed by atoms with van der Waals surface area (Å²) in [5, 5.41) is 21.0. The van der Waals surface area contributed by atoms with Crippen molar-refractivity contribution in [2.24, 2.45) is 44.8 Å². The molecule has 184 valence electrons. The number of carboxylic acid groups (broad SMARTS) is 1. The highest BCUT2D eigenvalue weighted by atomic mass is 16.4. The SMILES string of the molecule is C=C(C)C1CCC(C)(C(=O)O)CCC(C)(C)C2(C)CCC3C(C)(C)[C@@H](O)CC[C@]3(C)C2C1. The van der Waals surface area contributed by atoms with Gasteiger partial charge in [0.2, 0.25) is 0 Å². The number of rotatable bonds is 2. The van der Waals surface area contributed by atoms with E-state index in [0.717, 1.165) is 57.8 Å². The Hall–Kier alpha value is -0.830.